The molecule has 136 valence electrons. The van der Waals surface area contributed by atoms with Gasteiger partial charge in [0.05, 0.1) is 25.6 Å². The minimum Gasteiger partial charge on any atom is -0.493 e. The summed E-state index contributed by atoms with van der Waals surface area (Å²) in [7, 11) is 1.54. The van der Waals surface area contributed by atoms with Crippen LogP contribution in [0.2, 0.25) is 0 Å². The number of hydrogen-bond acceptors (Lipinski definition) is 5. The third-order valence-corrected chi connectivity index (χ3v) is 3.96. The number of anilines is 1. The van der Waals surface area contributed by atoms with Crippen LogP contribution >= 0.6 is 0 Å². The molecule has 1 aromatic heterocycles. The molecule has 0 saturated heterocycles. The summed E-state index contributed by atoms with van der Waals surface area (Å²) in [5.41, 5.74) is 2.53. The van der Waals surface area contributed by atoms with E-state index in [9.17, 15) is 4.79 Å². The predicted molar refractivity (Wildman–Crippen MR) is 99.9 cm³/mol. The monoisotopic (exact) mass is 354 g/mol. The van der Waals surface area contributed by atoms with Gasteiger partial charge in [-0.05, 0) is 38.1 Å². The number of nitrogens with zero attached hydrogens (tertiary/aromatic N) is 1. The van der Waals surface area contributed by atoms with Crippen LogP contribution in [0.4, 0.5) is 5.69 Å². The van der Waals surface area contributed by atoms with Crippen molar-refractivity contribution in [3.05, 3.63) is 47.7 Å². The number of nitrogens with one attached hydrogen (secondary N) is 1. The van der Waals surface area contributed by atoms with Crippen molar-refractivity contribution in [2.24, 2.45) is 0 Å². The van der Waals surface area contributed by atoms with E-state index in [4.69, 9.17) is 14.2 Å². The van der Waals surface area contributed by atoms with Crippen LogP contribution in [0.25, 0.3) is 6.08 Å². The zero-order valence-corrected chi connectivity index (χ0v) is 15.1. The number of pyridine rings is 1. The molecule has 0 saturated carbocycles. The van der Waals surface area contributed by atoms with Crippen molar-refractivity contribution in [2.75, 3.05) is 19.0 Å². The largest absolute Gasteiger partial charge is 0.493 e. The van der Waals surface area contributed by atoms with Crippen LogP contribution in [-0.4, -0.2) is 30.7 Å². The van der Waals surface area contributed by atoms with Crippen molar-refractivity contribution in [3.63, 3.8) is 0 Å². The minimum absolute atomic E-state index is 0.157. The maximum atomic E-state index is 12.2. The van der Waals surface area contributed by atoms with E-state index in [0.29, 0.717) is 18.2 Å². The van der Waals surface area contributed by atoms with Crippen molar-refractivity contribution in [3.8, 4) is 17.4 Å². The molecule has 2 heterocycles. The van der Waals surface area contributed by atoms with E-state index in [0.717, 1.165) is 29.0 Å². The molecule has 6 heteroatoms. The van der Waals surface area contributed by atoms with Crippen LogP contribution in [0, 0.1) is 0 Å². The van der Waals surface area contributed by atoms with Gasteiger partial charge < -0.3 is 19.5 Å². The van der Waals surface area contributed by atoms with E-state index in [2.05, 4.69) is 10.3 Å². The van der Waals surface area contributed by atoms with Gasteiger partial charge in [0.25, 0.3) is 0 Å². The normalized spacial score (nSPS) is 15.4. The number of carbonyl (C=O) groups is 1. The first-order valence-electron chi connectivity index (χ1n) is 8.54. The van der Waals surface area contributed by atoms with E-state index >= 15 is 0 Å². The Hall–Kier alpha value is -3.02. The smallest absolute Gasteiger partial charge is 0.248 e. The molecule has 6 nitrogen and oxygen atoms in total. The van der Waals surface area contributed by atoms with E-state index < -0.39 is 0 Å². The zero-order chi connectivity index (χ0) is 18.5. The lowest BCUT2D eigenvalue weighted by atomic mass is 10.1. The Kier molecular flexibility index (Phi) is 5.41. The molecule has 0 fully saturated rings. The van der Waals surface area contributed by atoms with Crippen molar-refractivity contribution in [1.29, 1.82) is 0 Å². The second kappa shape index (κ2) is 7.91. The van der Waals surface area contributed by atoms with Gasteiger partial charge in [0.2, 0.25) is 11.8 Å². The fraction of sp³-hybridized carbons (Fsp3) is 0.300. The molecule has 1 atom stereocenters. The van der Waals surface area contributed by atoms with Crippen LogP contribution in [0.5, 0.6) is 17.4 Å². The third-order valence-electron chi connectivity index (χ3n) is 3.96. The summed E-state index contributed by atoms with van der Waals surface area (Å²) >= 11 is 0. The minimum atomic E-state index is -0.255. The maximum absolute atomic E-state index is 12.2. The number of ether oxygens (including phenoxy) is 3. The van der Waals surface area contributed by atoms with Crippen molar-refractivity contribution in [2.45, 2.75) is 26.4 Å². The quantitative estimate of drug-likeness (QED) is 0.805. The van der Waals surface area contributed by atoms with Crippen LogP contribution in [-0.2, 0) is 11.2 Å². The SMILES string of the molecule is CCOc1cc2c(cc1C=CC(=O)Nc1ccc(OC)nc1)OC(C)C2. The molecule has 0 aliphatic carbocycles. The van der Waals surface area contributed by atoms with Gasteiger partial charge >= 0.3 is 0 Å². The van der Waals surface area contributed by atoms with Crippen molar-refractivity contribution >= 4 is 17.7 Å². The van der Waals surface area contributed by atoms with Crippen molar-refractivity contribution < 1.29 is 19.0 Å². The summed E-state index contributed by atoms with van der Waals surface area (Å²) in [5.74, 6) is 1.83. The van der Waals surface area contributed by atoms with Gasteiger partial charge in [-0.25, -0.2) is 4.98 Å². The van der Waals surface area contributed by atoms with Gasteiger partial charge in [-0.3, -0.25) is 4.79 Å². The third kappa shape index (κ3) is 4.14. The molecule has 1 N–H and O–H groups in total. The highest BCUT2D eigenvalue weighted by atomic mass is 16.5. The number of rotatable bonds is 6. The first-order valence-corrected chi connectivity index (χ1v) is 8.54. The second-order valence-corrected chi connectivity index (χ2v) is 5.98. The molecule has 1 unspecified atom stereocenters. The number of benzene rings is 1. The highest BCUT2D eigenvalue weighted by Gasteiger charge is 2.21. The summed E-state index contributed by atoms with van der Waals surface area (Å²) in [5, 5.41) is 2.76. The van der Waals surface area contributed by atoms with E-state index in [1.165, 1.54) is 6.08 Å². The first-order chi connectivity index (χ1) is 12.6. The summed E-state index contributed by atoms with van der Waals surface area (Å²) in [6.45, 7) is 4.52. The molecule has 1 aromatic carbocycles. The topological polar surface area (TPSA) is 69.7 Å². The van der Waals surface area contributed by atoms with Gasteiger partial charge in [0.15, 0.2) is 0 Å². The summed E-state index contributed by atoms with van der Waals surface area (Å²) in [6.07, 6.45) is 5.76. The average Bonchev–Trinajstić information content (AvgIpc) is 2.99. The number of carbonyl (C=O) groups excluding carboxylic acids is 1. The molecule has 1 aliphatic heterocycles. The van der Waals surface area contributed by atoms with Crippen LogP contribution < -0.4 is 19.5 Å². The predicted octanol–water partition coefficient (Wildman–Crippen LogP) is 3.46. The Bertz CT molecular complexity index is 815. The number of methoxy groups -OCH3 is 1. The molecular formula is C20H22N2O4. The van der Waals surface area contributed by atoms with Gasteiger partial charge in [-0.1, -0.05) is 0 Å². The molecule has 0 spiro atoms. The Morgan fingerprint density at radius 2 is 2.27 bits per heavy atom. The van der Waals surface area contributed by atoms with Crippen LogP contribution in [0.15, 0.2) is 36.5 Å². The first kappa shape index (κ1) is 17.8. The van der Waals surface area contributed by atoms with Crippen molar-refractivity contribution in [1.82, 2.24) is 4.98 Å². The van der Waals surface area contributed by atoms with E-state index in [1.807, 2.05) is 26.0 Å². The Morgan fingerprint density at radius 1 is 1.42 bits per heavy atom. The van der Waals surface area contributed by atoms with Gasteiger partial charge in [0, 0.05) is 29.7 Å². The number of fused-ring (bicyclic) bond motifs is 1. The molecule has 1 amide bonds. The molecular weight excluding hydrogens is 332 g/mol. The van der Waals surface area contributed by atoms with E-state index in [-0.39, 0.29) is 12.0 Å². The lowest BCUT2D eigenvalue weighted by Gasteiger charge is -2.10. The fourth-order valence-electron chi connectivity index (χ4n) is 2.79. The molecule has 2 aromatic rings. The average molecular weight is 354 g/mol. The second-order valence-electron chi connectivity index (χ2n) is 5.98. The fourth-order valence-corrected chi connectivity index (χ4v) is 2.79. The number of hydrogen-bond donors (Lipinski definition) is 1. The molecule has 3 rings (SSSR count). The lowest BCUT2D eigenvalue weighted by Crippen LogP contribution is -2.08. The summed E-state index contributed by atoms with van der Waals surface area (Å²) < 4.78 is 16.5. The standard InChI is InChI=1S/C20H22N2O4/c1-4-25-17-11-15-9-13(2)26-18(15)10-14(17)5-7-19(23)22-16-6-8-20(24-3)21-12-16/h5-8,10-13H,4,9H2,1-3H3,(H,22,23). The van der Waals surface area contributed by atoms with Crippen LogP contribution in [0.1, 0.15) is 25.0 Å². The number of amides is 1. The lowest BCUT2D eigenvalue weighted by molar-refractivity contribution is -0.111. The van der Waals surface area contributed by atoms with Crippen LogP contribution in [0.3, 0.4) is 0 Å². The highest BCUT2D eigenvalue weighted by molar-refractivity contribution is 6.02. The molecule has 0 radical (unpaired) electrons. The Balaban J connectivity index is 1.74. The molecule has 0 bridgehead atoms. The van der Waals surface area contributed by atoms with Gasteiger partial charge in [0.1, 0.15) is 17.6 Å². The van der Waals surface area contributed by atoms with E-state index in [1.54, 1.807) is 31.5 Å². The summed E-state index contributed by atoms with van der Waals surface area (Å²) in [6, 6.07) is 7.33. The molecule has 1 aliphatic rings. The number of aromatic nitrogens is 1. The molecule has 26 heavy (non-hydrogen) atoms. The highest BCUT2D eigenvalue weighted by Crippen LogP contribution is 2.35. The Labute approximate surface area is 152 Å². The maximum Gasteiger partial charge on any atom is 0.248 e. The van der Waals surface area contributed by atoms with Gasteiger partial charge in [-0.15, -0.1) is 0 Å². The summed E-state index contributed by atoms with van der Waals surface area (Å²) in [4.78, 5) is 16.2. The zero-order valence-electron chi connectivity index (χ0n) is 15.1. The van der Waals surface area contributed by atoms with Gasteiger partial charge in [-0.2, -0.15) is 0 Å². The Morgan fingerprint density at radius 3 is 2.96 bits per heavy atom.